The van der Waals surface area contributed by atoms with Gasteiger partial charge >= 0.3 is 6.03 Å². The zero-order chi connectivity index (χ0) is 17.1. The molecule has 4 rings (SSSR count). The van der Waals surface area contributed by atoms with Crippen molar-refractivity contribution < 1.29 is 4.79 Å². The molecule has 0 aliphatic heterocycles. The molecule has 3 aromatic rings. The molecule has 0 bridgehead atoms. The number of hydrogen-bond donors (Lipinski definition) is 2. The average Bonchev–Trinajstić information content (AvgIpc) is 3.14. The van der Waals surface area contributed by atoms with E-state index in [0.29, 0.717) is 17.0 Å². The fraction of sp³-hybridized carbons (Fsp3) is 0.263. The predicted molar refractivity (Wildman–Crippen MR) is 97.2 cm³/mol. The second kappa shape index (κ2) is 6.84. The van der Waals surface area contributed by atoms with E-state index in [-0.39, 0.29) is 12.1 Å². The van der Waals surface area contributed by atoms with Gasteiger partial charge in [-0.2, -0.15) is 0 Å². The molecule has 0 radical (unpaired) electrons. The molecule has 1 fully saturated rings. The minimum atomic E-state index is -0.217. The van der Waals surface area contributed by atoms with Crippen LogP contribution in [0.25, 0.3) is 22.4 Å². The lowest BCUT2D eigenvalue weighted by Crippen LogP contribution is -2.36. The highest BCUT2D eigenvalue weighted by Gasteiger charge is 2.17. The molecule has 0 unspecified atom stereocenters. The summed E-state index contributed by atoms with van der Waals surface area (Å²) in [6, 6.07) is 13.4. The molecule has 1 aromatic carbocycles. The number of nitrogens with one attached hydrogen (secondary N) is 2. The van der Waals surface area contributed by atoms with Crippen molar-refractivity contribution in [1.82, 2.24) is 20.3 Å². The topological polar surface area (TPSA) is 79.8 Å². The summed E-state index contributed by atoms with van der Waals surface area (Å²) < 4.78 is 0. The number of amides is 2. The lowest BCUT2D eigenvalue weighted by atomic mass is 10.2. The average molecular weight is 333 g/mol. The summed E-state index contributed by atoms with van der Waals surface area (Å²) in [6.07, 6.45) is 6.18. The first-order chi connectivity index (χ1) is 12.3. The molecule has 6 heteroatoms. The van der Waals surface area contributed by atoms with Crippen LogP contribution in [0.3, 0.4) is 0 Å². The van der Waals surface area contributed by atoms with Crippen LogP contribution in [-0.4, -0.2) is 27.0 Å². The van der Waals surface area contributed by atoms with Crippen molar-refractivity contribution in [2.75, 3.05) is 5.32 Å². The van der Waals surface area contributed by atoms with Crippen LogP contribution in [0.1, 0.15) is 25.7 Å². The van der Waals surface area contributed by atoms with Gasteiger partial charge in [0.2, 0.25) is 0 Å². The Labute approximate surface area is 145 Å². The van der Waals surface area contributed by atoms with Crippen molar-refractivity contribution in [3.63, 3.8) is 0 Å². The van der Waals surface area contributed by atoms with E-state index in [0.717, 1.165) is 24.1 Å². The van der Waals surface area contributed by atoms with Crippen LogP contribution in [0.4, 0.5) is 10.6 Å². The number of carbonyl (C=O) groups is 1. The van der Waals surface area contributed by atoms with Crippen molar-refractivity contribution in [3.05, 3.63) is 48.7 Å². The molecule has 2 amide bonds. The van der Waals surface area contributed by atoms with Crippen molar-refractivity contribution in [2.24, 2.45) is 0 Å². The van der Waals surface area contributed by atoms with Crippen LogP contribution in [0.15, 0.2) is 48.7 Å². The first kappa shape index (κ1) is 15.5. The summed E-state index contributed by atoms with van der Waals surface area (Å²) in [4.78, 5) is 25.5. The fourth-order valence-corrected chi connectivity index (χ4v) is 3.12. The number of hydrogen-bond acceptors (Lipinski definition) is 4. The van der Waals surface area contributed by atoms with Crippen LogP contribution in [0.2, 0.25) is 0 Å². The van der Waals surface area contributed by atoms with Crippen LogP contribution >= 0.6 is 0 Å². The zero-order valence-corrected chi connectivity index (χ0v) is 13.8. The van der Waals surface area contributed by atoms with E-state index < -0.39 is 0 Å². The number of benzene rings is 1. The van der Waals surface area contributed by atoms with E-state index in [4.69, 9.17) is 0 Å². The molecule has 0 spiro atoms. The predicted octanol–water partition coefficient (Wildman–Crippen LogP) is 3.76. The Kier molecular flexibility index (Phi) is 4.24. The number of anilines is 1. The highest BCUT2D eigenvalue weighted by Crippen LogP contribution is 2.20. The van der Waals surface area contributed by atoms with E-state index in [1.807, 2.05) is 36.4 Å². The summed E-state index contributed by atoms with van der Waals surface area (Å²) in [6.45, 7) is 0. The normalized spacial score (nSPS) is 14.6. The Balaban J connectivity index is 1.55. The first-order valence-electron chi connectivity index (χ1n) is 8.55. The Morgan fingerprint density at radius 2 is 1.80 bits per heavy atom. The quantitative estimate of drug-likeness (QED) is 0.765. The molecule has 25 heavy (non-hydrogen) atoms. The van der Waals surface area contributed by atoms with Crippen molar-refractivity contribution >= 4 is 23.0 Å². The van der Waals surface area contributed by atoms with Gasteiger partial charge < -0.3 is 5.32 Å². The summed E-state index contributed by atoms with van der Waals surface area (Å²) in [5, 5.41) is 5.78. The van der Waals surface area contributed by atoms with Gasteiger partial charge in [-0.25, -0.2) is 14.8 Å². The molecule has 2 heterocycles. The first-order valence-corrected chi connectivity index (χ1v) is 8.55. The summed E-state index contributed by atoms with van der Waals surface area (Å²) in [5.74, 6) is 0.475. The lowest BCUT2D eigenvalue weighted by molar-refractivity contribution is 0.248. The zero-order valence-electron chi connectivity index (χ0n) is 13.8. The van der Waals surface area contributed by atoms with E-state index in [1.54, 1.807) is 12.3 Å². The van der Waals surface area contributed by atoms with Gasteiger partial charge in [-0.3, -0.25) is 10.3 Å². The molecule has 1 aliphatic rings. The maximum Gasteiger partial charge on any atom is 0.320 e. The standard InChI is InChI=1S/C19H19N5O/c25-19(21-14-8-4-5-9-14)24-17-11-10-15-18(23-17)22-16(12-20-15)13-6-2-1-3-7-13/h1-3,6-7,10-12,14H,4-5,8-9H2,(H2,21,22,23,24,25). The number of fused-ring (bicyclic) bond motifs is 1. The lowest BCUT2D eigenvalue weighted by Gasteiger charge is -2.12. The Hall–Kier alpha value is -3.02. The number of rotatable bonds is 3. The van der Waals surface area contributed by atoms with E-state index in [1.165, 1.54) is 12.8 Å². The van der Waals surface area contributed by atoms with E-state index in [9.17, 15) is 4.79 Å². The SMILES string of the molecule is O=C(Nc1ccc2ncc(-c3ccccc3)nc2n1)NC1CCCC1. The van der Waals surface area contributed by atoms with Crippen molar-refractivity contribution in [3.8, 4) is 11.3 Å². The fourth-order valence-electron chi connectivity index (χ4n) is 3.12. The highest BCUT2D eigenvalue weighted by molar-refractivity contribution is 5.89. The molecular weight excluding hydrogens is 314 g/mol. The number of carbonyl (C=O) groups excluding carboxylic acids is 1. The number of pyridine rings is 1. The molecule has 1 saturated carbocycles. The minimum Gasteiger partial charge on any atom is -0.335 e. The van der Waals surface area contributed by atoms with E-state index >= 15 is 0 Å². The molecule has 126 valence electrons. The number of urea groups is 1. The maximum absolute atomic E-state index is 12.1. The van der Waals surface area contributed by atoms with Crippen LogP contribution in [-0.2, 0) is 0 Å². The maximum atomic E-state index is 12.1. The summed E-state index contributed by atoms with van der Waals surface area (Å²) >= 11 is 0. The van der Waals surface area contributed by atoms with Gasteiger partial charge in [0.15, 0.2) is 5.65 Å². The van der Waals surface area contributed by atoms with E-state index in [2.05, 4.69) is 25.6 Å². The summed E-state index contributed by atoms with van der Waals surface area (Å²) in [7, 11) is 0. The Bertz CT molecular complexity index is 891. The van der Waals surface area contributed by atoms with Crippen LogP contribution in [0, 0.1) is 0 Å². The molecule has 2 aromatic heterocycles. The Morgan fingerprint density at radius 3 is 2.60 bits per heavy atom. The highest BCUT2D eigenvalue weighted by atomic mass is 16.2. The molecule has 6 nitrogen and oxygen atoms in total. The molecular formula is C19H19N5O. The molecule has 1 aliphatic carbocycles. The molecule has 0 saturated heterocycles. The largest absolute Gasteiger partial charge is 0.335 e. The van der Waals surface area contributed by atoms with Crippen molar-refractivity contribution in [1.29, 1.82) is 0 Å². The number of nitrogens with zero attached hydrogens (tertiary/aromatic N) is 3. The van der Waals surface area contributed by atoms with Gasteiger partial charge in [-0.1, -0.05) is 43.2 Å². The van der Waals surface area contributed by atoms with Crippen molar-refractivity contribution in [2.45, 2.75) is 31.7 Å². The smallest absolute Gasteiger partial charge is 0.320 e. The second-order valence-corrected chi connectivity index (χ2v) is 6.24. The van der Waals surface area contributed by atoms with Gasteiger partial charge in [0.25, 0.3) is 0 Å². The monoisotopic (exact) mass is 333 g/mol. The number of aromatic nitrogens is 3. The van der Waals surface area contributed by atoms with Crippen LogP contribution in [0.5, 0.6) is 0 Å². The summed E-state index contributed by atoms with van der Waals surface area (Å²) in [5.41, 5.74) is 2.95. The third kappa shape index (κ3) is 3.57. The molecule has 0 atom stereocenters. The van der Waals surface area contributed by atoms with Gasteiger partial charge in [0, 0.05) is 11.6 Å². The third-order valence-electron chi connectivity index (χ3n) is 4.41. The van der Waals surface area contributed by atoms with Gasteiger partial charge in [0.05, 0.1) is 11.9 Å². The molecule has 2 N–H and O–H groups in total. The third-order valence-corrected chi connectivity index (χ3v) is 4.41. The Morgan fingerprint density at radius 1 is 1.00 bits per heavy atom. The second-order valence-electron chi connectivity index (χ2n) is 6.24. The van der Waals surface area contributed by atoms with Gasteiger partial charge in [-0.05, 0) is 25.0 Å². The minimum absolute atomic E-state index is 0.217. The van der Waals surface area contributed by atoms with Gasteiger partial charge in [0.1, 0.15) is 11.3 Å². The van der Waals surface area contributed by atoms with Crippen LogP contribution < -0.4 is 10.6 Å². The van der Waals surface area contributed by atoms with Gasteiger partial charge in [-0.15, -0.1) is 0 Å².